The SMILES string of the molecule is O=Cc1cc2c(s1)CCOC(O)C2=O. The molecule has 1 aromatic heterocycles. The smallest absolute Gasteiger partial charge is 0.220 e. The lowest BCUT2D eigenvalue weighted by Crippen LogP contribution is -2.22. The first-order valence-corrected chi connectivity index (χ1v) is 4.96. The number of hydrogen-bond acceptors (Lipinski definition) is 5. The Morgan fingerprint density at radius 3 is 3.14 bits per heavy atom. The van der Waals surface area contributed by atoms with Crippen molar-refractivity contribution in [1.29, 1.82) is 0 Å². The van der Waals surface area contributed by atoms with Crippen LogP contribution in [0.15, 0.2) is 6.07 Å². The van der Waals surface area contributed by atoms with Crippen molar-refractivity contribution in [3.63, 3.8) is 0 Å². The molecule has 0 radical (unpaired) electrons. The minimum Gasteiger partial charge on any atom is -0.362 e. The summed E-state index contributed by atoms with van der Waals surface area (Å²) in [4.78, 5) is 23.3. The first-order chi connectivity index (χ1) is 6.72. The number of hydrogen-bond donors (Lipinski definition) is 1. The average Bonchev–Trinajstić information content (AvgIpc) is 2.55. The van der Waals surface area contributed by atoms with Gasteiger partial charge in [0.15, 0.2) is 6.29 Å². The highest BCUT2D eigenvalue weighted by atomic mass is 32.1. The molecule has 2 rings (SSSR count). The molecule has 74 valence electrons. The summed E-state index contributed by atoms with van der Waals surface area (Å²) < 4.78 is 4.85. The maximum absolute atomic E-state index is 11.5. The Kier molecular flexibility index (Phi) is 2.45. The van der Waals surface area contributed by atoms with Crippen LogP contribution in [0.1, 0.15) is 24.9 Å². The van der Waals surface area contributed by atoms with Crippen LogP contribution >= 0.6 is 11.3 Å². The highest BCUT2D eigenvalue weighted by molar-refractivity contribution is 7.14. The Balaban J connectivity index is 2.45. The van der Waals surface area contributed by atoms with Crippen molar-refractivity contribution in [3.05, 3.63) is 21.4 Å². The van der Waals surface area contributed by atoms with Crippen LogP contribution in [-0.4, -0.2) is 30.1 Å². The Labute approximate surface area is 84.1 Å². The van der Waals surface area contributed by atoms with Crippen LogP contribution in [0, 0.1) is 0 Å². The molecule has 1 N–H and O–H groups in total. The molecular weight excluding hydrogens is 204 g/mol. The van der Waals surface area contributed by atoms with Gasteiger partial charge in [-0.3, -0.25) is 9.59 Å². The van der Waals surface area contributed by atoms with Gasteiger partial charge in [-0.15, -0.1) is 11.3 Å². The molecule has 0 amide bonds. The Hall–Kier alpha value is -1.04. The van der Waals surface area contributed by atoms with E-state index in [1.807, 2.05) is 0 Å². The largest absolute Gasteiger partial charge is 0.362 e. The van der Waals surface area contributed by atoms with Crippen LogP contribution in [0.2, 0.25) is 0 Å². The molecule has 0 saturated heterocycles. The maximum Gasteiger partial charge on any atom is 0.220 e. The van der Waals surface area contributed by atoms with E-state index in [9.17, 15) is 14.7 Å². The van der Waals surface area contributed by atoms with E-state index >= 15 is 0 Å². The molecule has 0 aliphatic carbocycles. The van der Waals surface area contributed by atoms with E-state index < -0.39 is 12.1 Å². The zero-order valence-corrected chi connectivity index (χ0v) is 8.04. The second kappa shape index (κ2) is 3.61. The molecule has 0 spiro atoms. The number of rotatable bonds is 1. The average molecular weight is 212 g/mol. The van der Waals surface area contributed by atoms with Gasteiger partial charge in [-0.25, -0.2) is 0 Å². The number of ether oxygens (including phenoxy) is 1. The Morgan fingerprint density at radius 2 is 2.43 bits per heavy atom. The van der Waals surface area contributed by atoms with Gasteiger partial charge in [-0.05, 0) is 6.07 Å². The summed E-state index contributed by atoms with van der Waals surface area (Å²) in [5.41, 5.74) is 0.419. The molecule has 1 aliphatic heterocycles. The maximum atomic E-state index is 11.5. The van der Waals surface area contributed by atoms with Crippen LogP contribution in [0.4, 0.5) is 0 Å². The standard InChI is InChI=1S/C9H8O4S/c10-4-5-3-6-7(14-5)1-2-13-9(12)8(6)11/h3-4,9,12H,1-2H2. The van der Waals surface area contributed by atoms with Crippen molar-refractivity contribution in [1.82, 2.24) is 0 Å². The minimum absolute atomic E-state index is 0.304. The zero-order chi connectivity index (χ0) is 10.1. The fraction of sp³-hybridized carbons (Fsp3) is 0.333. The number of fused-ring (bicyclic) bond motifs is 1. The molecule has 1 unspecified atom stereocenters. The lowest BCUT2D eigenvalue weighted by molar-refractivity contribution is -0.0685. The summed E-state index contributed by atoms with van der Waals surface area (Å²) in [5, 5.41) is 9.23. The lowest BCUT2D eigenvalue weighted by Gasteiger charge is -2.04. The number of carbonyl (C=O) groups excluding carboxylic acids is 2. The van der Waals surface area contributed by atoms with Crippen LogP contribution in [-0.2, 0) is 11.2 Å². The summed E-state index contributed by atoms with van der Waals surface area (Å²) in [6, 6.07) is 1.51. The number of aldehydes is 1. The molecule has 0 saturated carbocycles. The third-order valence-electron chi connectivity index (χ3n) is 2.04. The van der Waals surface area contributed by atoms with E-state index in [2.05, 4.69) is 0 Å². The van der Waals surface area contributed by atoms with E-state index in [0.717, 1.165) is 4.88 Å². The van der Waals surface area contributed by atoms with Gasteiger partial charge in [0.1, 0.15) is 0 Å². The normalized spacial score (nSPS) is 21.5. The highest BCUT2D eigenvalue weighted by Gasteiger charge is 2.26. The van der Waals surface area contributed by atoms with E-state index in [-0.39, 0.29) is 0 Å². The quantitative estimate of drug-likeness (QED) is 0.694. The molecule has 0 aromatic carbocycles. The van der Waals surface area contributed by atoms with Crippen LogP contribution in [0.5, 0.6) is 0 Å². The summed E-state index contributed by atoms with van der Waals surface area (Å²) in [5.74, 6) is -0.457. The highest BCUT2D eigenvalue weighted by Crippen LogP contribution is 2.25. The van der Waals surface area contributed by atoms with Gasteiger partial charge in [-0.2, -0.15) is 0 Å². The predicted octanol–water partition coefficient (Wildman–Crippen LogP) is 0.634. The summed E-state index contributed by atoms with van der Waals surface area (Å²) in [7, 11) is 0. The van der Waals surface area contributed by atoms with Crippen molar-refractivity contribution in [2.45, 2.75) is 12.7 Å². The Morgan fingerprint density at radius 1 is 1.64 bits per heavy atom. The van der Waals surface area contributed by atoms with Crippen LogP contribution in [0.25, 0.3) is 0 Å². The molecule has 0 bridgehead atoms. The molecule has 2 heterocycles. The summed E-state index contributed by atoms with van der Waals surface area (Å²) >= 11 is 1.27. The van der Waals surface area contributed by atoms with Crippen molar-refractivity contribution in [2.75, 3.05) is 6.61 Å². The van der Waals surface area contributed by atoms with E-state index in [1.54, 1.807) is 0 Å². The van der Waals surface area contributed by atoms with E-state index in [0.29, 0.717) is 29.8 Å². The van der Waals surface area contributed by atoms with Gasteiger partial charge >= 0.3 is 0 Å². The van der Waals surface area contributed by atoms with Crippen LogP contribution in [0.3, 0.4) is 0 Å². The number of aliphatic hydroxyl groups is 1. The summed E-state index contributed by atoms with van der Waals surface area (Å²) in [6.45, 7) is 0.304. The van der Waals surface area contributed by atoms with Crippen molar-refractivity contribution < 1.29 is 19.4 Å². The Bertz CT molecular complexity index is 382. The van der Waals surface area contributed by atoms with E-state index in [4.69, 9.17) is 4.74 Å². The van der Waals surface area contributed by atoms with Gasteiger partial charge in [0, 0.05) is 16.9 Å². The van der Waals surface area contributed by atoms with Crippen molar-refractivity contribution >= 4 is 23.4 Å². The van der Waals surface area contributed by atoms with Gasteiger partial charge in [0.25, 0.3) is 0 Å². The zero-order valence-electron chi connectivity index (χ0n) is 7.23. The van der Waals surface area contributed by atoms with Crippen molar-refractivity contribution in [2.24, 2.45) is 0 Å². The molecule has 1 aliphatic rings. The first-order valence-electron chi connectivity index (χ1n) is 4.14. The third kappa shape index (κ3) is 1.50. The number of carbonyl (C=O) groups is 2. The molecule has 1 atom stereocenters. The van der Waals surface area contributed by atoms with Gasteiger partial charge in [0.2, 0.25) is 12.1 Å². The topological polar surface area (TPSA) is 63.6 Å². The third-order valence-corrected chi connectivity index (χ3v) is 3.16. The number of ketones is 1. The first kappa shape index (κ1) is 9.51. The van der Waals surface area contributed by atoms with E-state index in [1.165, 1.54) is 17.4 Å². The molecule has 5 heteroatoms. The van der Waals surface area contributed by atoms with Crippen LogP contribution < -0.4 is 0 Å². The number of thiophene rings is 1. The van der Waals surface area contributed by atoms with Gasteiger partial charge < -0.3 is 9.84 Å². The van der Waals surface area contributed by atoms with Gasteiger partial charge in [-0.1, -0.05) is 0 Å². The molecule has 14 heavy (non-hydrogen) atoms. The van der Waals surface area contributed by atoms with Crippen molar-refractivity contribution in [3.8, 4) is 0 Å². The fourth-order valence-corrected chi connectivity index (χ4v) is 2.34. The molecule has 1 aromatic rings. The summed E-state index contributed by atoms with van der Waals surface area (Å²) in [6.07, 6.45) is -0.110. The minimum atomic E-state index is -1.38. The number of Topliss-reactive ketones (excluding diaryl/α,β-unsaturated/α-hetero) is 1. The monoisotopic (exact) mass is 212 g/mol. The fourth-order valence-electron chi connectivity index (χ4n) is 1.37. The lowest BCUT2D eigenvalue weighted by atomic mass is 10.1. The molecule has 0 fully saturated rings. The van der Waals surface area contributed by atoms with Gasteiger partial charge in [0.05, 0.1) is 11.5 Å². The number of aliphatic hydroxyl groups excluding tert-OH is 1. The predicted molar refractivity (Wildman–Crippen MR) is 49.7 cm³/mol. The molecular formula is C9H8O4S. The molecule has 4 nitrogen and oxygen atoms in total. The second-order valence-electron chi connectivity index (χ2n) is 2.94. The second-order valence-corrected chi connectivity index (χ2v) is 4.11.